The van der Waals surface area contributed by atoms with Crippen LogP contribution in [-0.4, -0.2) is 25.7 Å². The molecular formula is C40H55N2O7P. The molecule has 1 heterocycles. The molecule has 1 aromatic heterocycles. The van der Waals surface area contributed by atoms with Crippen LogP contribution in [0.3, 0.4) is 0 Å². The Morgan fingerprint density at radius 2 is 1.22 bits per heavy atom. The summed E-state index contributed by atoms with van der Waals surface area (Å²) in [6.45, 7) is 6.58. The first-order valence-electron chi connectivity index (χ1n) is 18.6. The first-order valence-corrected chi connectivity index (χ1v) is 20.1. The first-order chi connectivity index (χ1) is 24.4. The van der Waals surface area contributed by atoms with E-state index in [9.17, 15) is 14.2 Å². The molecule has 2 N–H and O–H groups in total. The number of hydrogen-bond donors (Lipinski definition) is 2. The van der Waals surface area contributed by atoms with Gasteiger partial charge in [-0.2, -0.15) is 0 Å². The summed E-state index contributed by atoms with van der Waals surface area (Å²) in [4.78, 5) is 26.5. The van der Waals surface area contributed by atoms with Crippen LogP contribution in [0.2, 0.25) is 0 Å². The van der Waals surface area contributed by atoms with Crippen LogP contribution in [-0.2, 0) is 13.6 Å². The molecule has 0 radical (unpaired) electrons. The second-order valence-corrected chi connectivity index (χ2v) is 14.4. The highest BCUT2D eigenvalue weighted by Crippen LogP contribution is 2.48. The van der Waals surface area contributed by atoms with Gasteiger partial charge in [0, 0.05) is 22.5 Å². The number of para-hydroxylation sites is 1. The highest BCUT2D eigenvalue weighted by molar-refractivity contribution is 7.55. The Kier molecular flexibility index (Phi) is 16.4. The standard InChI is InChI=1S/C40H55N2O7P/c1-4-7-8-9-10-11-12-13-14-15-16-17-18-19-29-46-37-28-22-23-31-32(37)24-20-26-34(31)41-40(44)38-30-36(43)33-25-21-27-35(39(33)49-38)42-50(45,47-5-2)48-6-3/h20-28,30H,4-19,29H2,1-3H3,(H,41,44)(H,42,45). The molecule has 0 fully saturated rings. The van der Waals surface area contributed by atoms with Gasteiger partial charge in [0.2, 0.25) is 0 Å². The van der Waals surface area contributed by atoms with E-state index in [2.05, 4.69) is 17.3 Å². The first kappa shape index (κ1) is 39.1. The second kappa shape index (κ2) is 20.9. The lowest BCUT2D eigenvalue weighted by molar-refractivity contribution is 0.0997. The second-order valence-electron chi connectivity index (χ2n) is 12.7. The van der Waals surface area contributed by atoms with Crippen molar-refractivity contribution in [2.75, 3.05) is 30.2 Å². The van der Waals surface area contributed by atoms with E-state index < -0.39 is 19.1 Å². The third-order valence-electron chi connectivity index (χ3n) is 8.72. The van der Waals surface area contributed by atoms with Crippen molar-refractivity contribution >= 4 is 46.8 Å². The van der Waals surface area contributed by atoms with Crippen LogP contribution < -0.4 is 20.6 Å². The molecule has 0 atom stereocenters. The van der Waals surface area contributed by atoms with Crippen molar-refractivity contribution in [3.63, 3.8) is 0 Å². The molecule has 4 rings (SSSR count). The number of hydrogen-bond acceptors (Lipinski definition) is 7. The van der Waals surface area contributed by atoms with Crippen molar-refractivity contribution in [3.8, 4) is 5.75 Å². The number of unbranched alkanes of at least 4 members (excludes halogenated alkanes) is 13. The lowest BCUT2D eigenvalue weighted by atomic mass is 10.0. The van der Waals surface area contributed by atoms with Gasteiger partial charge >= 0.3 is 7.75 Å². The zero-order chi connectivity index (χ0) is 35.6. The number of benzene rings is 3. The third-order valence-corrected chi connectivity index (χ3v) is 10.4. The minimum absolute atomic E-state index is 0.0712. The fourth-order valence-corrected chi connectivity index (χ4v) is 7.50. The molecule has 0 aliphatic heterocycles. The van der Waals surface area contributed by atoms with E-state index in [1.807, 2.05) is 30.3 Å². The van der Waals surface area contributed by atoms with Crippen molar-refractivity contribution in [3.05, 3.63) is 76.6 Å². The van der Waals surface area contributed by atoms with E-state index in [1.54, 1.807) is 38.1 Å². The Bertz CT molecular complexity index is 1750. The molecule has 0 bridgehead atoms. The lowest BCUT2D eigenvalue weighted by Gasteiger charge is -2.19. The van der Waals surface area contributed by atoms with Gasteiger partial charge in [-0.25, -0.2) is 4.57 Å². The summed E-state index contributed by atoms with van der Waals surface area (Å²) in [7, 11) is -3.74. The SMILES string of the molecule is CCCCCCCCCCCCCCCCOc1cccc2c(NC(=O)c3cc(=O)c4cccc(NP(=O)(OCC)OCC)c4o3)cccc12. The van der Waals surface area contributed by atoms with E-state index in [-0.39, 0.29) is 35.6 Å². The molecule has 9 nitrogen and oxygen atoms in total. The maximum atomic E-state index is 13.5. The van der Waals surface area contributed by atoms with Crippen molar-refractivity contribution in [2.45, 2.75) is 111 Å². The lowest BCUT2D eigenvalue weighted by Crippen LogP contribution is -2.15. The Morgan fingerprint density at radius 3 is 1.84 bits per heavy atom. The van der Waals surface area contributed by atoms with Crippen LogP contribution in [0.4, 0.5) is 11.4 Å². The molecule has 50 heavy (non-hydrogen) atoms. The maximum Gasteiger partial charge on any atom is 0.432 e. The largest absolute Gasteiger partial charge is 0.493 e. The summed E-state index contributed by atoms with van der Waals surface area (Å²) in [6.07, 6.45) is 18.3. The monoisotopic (exact) mass is 706 g/mol. The van der Waals surface area contributed by atoms with Crippen molar-refractivity contribution in [2.24, 2.45) is 0 Å². The Morgan fingerprint density at radius 1 is 0.680 bits per heavy atom. The molecule has 3 aromatic carbocycles. The molecule has 0 saturated heterocycles. The van der Waals surface area contributed by atoms with E-state index in [0.29, 0.717) is 12.3 Å². The number of nitrogens with one attached hydrogen (secondary N) is 2. The smallest absolute Gasteiger partial charge is 0.432 e. The number of amides is 1. The number of carbonyl (C=O) groups is 1. The summed E-state index contributed by atoms with van der Waals surface area (Å²) in [5, 5.41) is 7.56. The van der Waals surface area contributed by atoms with Gasteiger partial charge in [-0.1, -0.05) is 121 Å². The number of carbonyl (C=O) groups excluding carboxylic acids is 1. The fourth-order valence-electron chi connectivity index (χ4n) is 6.15. The summed E-state index contributed by atoms with van der Waals surface area (Å²) in [5.74, 6) is -0.0336. The average molecular weight is 707 g/mol. The van der Waals surface area contributed by atoms with Gasteiger partial charge in [0.1, 0.15) is 5.75 Å². The molecule has 0 saturated carbocycles. The minimum Gasteiger partial charge on any atom is -0.493 e. The Hall–Kier alpha value is -3.65. The topological polar surface area (TPSA) is 116 Å². The Balaban J connectivity index is 1.31. The van der Waals surface area contributed by atoms with Crippen molar-refractivity contribution in [1.29, 1.82) is 0 Å². The molecule has 0 spiro atoms. The van der Waals surface area contributed by atoms with Crippen LogP contribution in [0.5, 0.6) is 5.75 Å². The predicted octanol–water partition coefficient (Wildman–Crippen LogP) is 11.7. The van der Waals surface area contributed by atoms with Crippen LogP contribution in [0.25, 0.3) is 21.7 Å². The van der Waals surface area contributed by atoms with E-state index in [4.69, 9.17) is 18.2 Å². The molecule has 10 heteroatoms. The fraction of sp³-hybridized carbons (Fsp3) is 0.500. The molecule has 0 unspecified atom stereocenters. The van der Waals surface area contributed by atoms with E-state index in [1.165, 1.54) is 77.0 Å². The maximum absolute atomic E-state index is 13.5. The molecule has 272 valence electrons. The summed E-state index contributed by atoms with van der Waals surface area (Å²) in [6, 6.07) is 17.3. The predicted molar refractivity (Wildman–Crippen MR) is 205 cm³/mol. The van der Waals surface area contributed by atoms with Gasteiger partial charge in [0.15, 0.2) is 16.8 Å². The number of anilines is 2. The van der Waals surface area contributed by atoms with Crippen molar-refractivity contribution < 1.29 is 27.6 Å². The summed E-state index contributed by atoms with van der Waals surface area (Å²) in [5.41, 5.74) is 0.424. The highest BCUT2D eigenvalue weighted by Gasteiger charge is 2.26. The molecule has 4 aromatic rings. The normalized spacial score (nSPS) is 11.7. The van der Waals surface area contributed by atoms with Gasteiger partial charge in [-0.3, -0.25) is 23.7 Å². The van der Waals surface area contributed by atoms with Crippen LogP contribution in [0.15, 0.2) is 69.9 Å². The minimum atomic E-state index is -3.74. The van der Waals surface area contributed by atoms with Gasteiger partial charge < -0.3 is 14.5 Å². The van der Waals surface area contributed by atoms with Gasteiger partial charge in [-0.15, -0.1) is 0 Å². The average Bonchev–Trinajstić information content (AvgIpc) is 3.10. The summed E-state index contributed by atoms with van der Waals surface area (Å²) < 4.78 is 36.0. The molecule has 0 aliphatic rings. The number of rotatable bonds is 24. The van der Waals surface area contributed by atoms with Gasteiger partial charge in [0.25, 0.3) is 5.91 Å². The van der Waals surface area contributed by atoms with Gasteiger partial charge in [0.05, 0.1) is 30.9 Å². The molecular weight excluding hydrogens is 651 g/mol. The zero-order valence-corrected chi connectivity index (χ0v) is 31.0. The van der Waals surface area contributed by atoms with Crippen LogP contribution in [0.1, 0.15) is 121 Å². The zero-order valence-electron chi connectivity index (χ0n) is 30.1. The summed E-state index contributed by atoms with van der Waals surface area (Å²) >= 11 is 0. The highest BCUT2D eigenvalue weighted by atomic mass is 31.2. The van der Waals surface area contributed by atoms with Crippen LogP contribution >= 0.6 is 7.75 Å². The quantitative estimate of drug-likeness (QED) is 0.0546. The molecule has 1 amide bonds. The molecule has 0 aliphatic carbocycles. The van der Waals surface area contributed by atoms with Crippen LogP contribution in [0, 0.1) is 0 Å². The number of fused-ring (bicyclic) bond motifs is 2. The van der Waals surface area contributed by atoms with Crippen molar-refractivity contribution in [1.82, 2.24) is 0 Å². The number of ether oxygens (including phenoxy) is 1. The third kappa shape index (κ3) is 11.7. The van der Waals surface area contributed by atoms with E-state index >= 15 is 0 Å². The van der Waals surface area contributed by atoms with E-state index in [0.717, 1.165) is 35.4 Å². The Labute approximate surface area is 297 Å². The van der Waals surface area contributed by atoms with Gasteiger partial charge in [-0.05, 0) is 44.5 Å².